The van der Waals surface area contributed by atoms with Crippen molar-refractivity contribution in [2.75, 3.05) is 26.9 Å². The van der Waals surface area contributed by atoms with Crippen LogP contribution < -0.4 is 10.6 Å². The second kappa shape index (κ2) is 7.63. The van der Waals surface area contributed by atoms with Crippen LogP contribution in [0.4, 0.5) is 0 Å². The SMILES string of the molecule is COCC(CCO)NC(=O)C1NCCCC1C. The van der Waals surface area contributed by atoms with E-state index in [1.807, 2.05) is 0 Å². The van der Waals surface area contributed by atoms with Crippen molar-refractivity contribution in [2.45, 2.75) is 38.3 Å². The van der Waals surface area contributed by atoms with Crippen LogP contribution in [0, 0.1) is 5.92 Å². The summed E-state index contributed by atoms with van der Waals surface area (Å²) in [5.41, 5.74) is 0. The predicted molar refractivity (Wildman–Crippen MR) is 65.7 cm³/mol. The average Bonchev–Trinajstić information content (AvgIpc) is 2.30. The molecule has 0 saturated carbocycles. The second-order valence-corrected chi connectivity index (χ2v) is 4.72. The molecule has 1 rings (SSSR count). The highest BCUT2D eigenvalue weighted by atomic mass is 16.5. The largest absolute Gasteiger partial charge is 0.396 e. The summed E-state index contributed by atoms with van der Waals surface area (Å²) in [4.78, 5) is 12.1. The van der Waals surface area contributed by atoms with Gasteiger partial charge < -0.3 is 20.5 Å². The molecule has 0 aliphatic carbocycles. The van der Waals surface area contributed by atoms with Crippen molar-refractivity contribution < 1.29 is 14.6 Å². The van der Waals surface area contributed by atoms with Crippen molar-refractivity contribution in [1.29, 1.82) is 0 Å². The van der Waals surface area contributed by atoms with Gasteiger partial charge in [-0.3, -0.25) is 4.79 Å². The van der Waals surface area contributed by atoms with E-state index in [1.54, 1.807) is 7.11 Å². The molecule has 1 aliphatic heterocycles. The van der Waals surface area contributed by atoms with Crippen LogP contribution in [0.25, 0.3) is 0 Å². The third kappa shape index (κ3) is 4.61. The van der Waals surface area contributed by atoms with E-state index >= 15 is 0 Å². The van der Waals surface area contributed by atoms with Gasteiger partial charge in [-0.15, -0.1) is 0 Å². The Kier molecular flexibility index (Phi) is 6.47. The normalized spacial score (nSPS) is 26.5. The molecule has 1 saturated heterocycles. The summed E-state index contributed by atoms with van der Waals surface area (Å²) in [7, 11) is 1.60. The fourth-order valence-corrected chi connectivity index (χ4v) is 2.25. The van der Waals surface area contributed by atoms with Crippen LogP contribution >= 0.6 is 0 Å². The molecular formula is C12H24N2O3. The zero-order valence-corrected chi connectivity index (χ0v) is 10.7. The van der Waals surface area contributed by atoms with Crippen LogP contribution in [-0.4, -0.2) is 50.0 Å². The van der Waals surface area contributed by atoms with E-state index < -0.39 is 0 Å². The van der Waals surface area contributed by atoms with Gasteiger partial charge in [0.25, 0.3) is 0 Å². The summed E-state index contributed by atoms with van der Waals surface area (Å²) in [5.74, 6) is 0.383. The lowest BCUT2D eigenvalue weighted by Crippen LogP contribution is -2.53. The summed E-state index contributed by atoms with van der Waals surface area (Å²) in [6.07, 6.45) is 2.74. The Hall–Kier alpha value is -0.650. The first-order chi connectivity index (χ1) is 8.19. The maximum atomic E-state index is 12.1. The van der Waals surface area contributed by atoms with Gasteiger partial charge in [0.1, 0.15) is 0 Å². The number of aliphatic hydroxyl groups is 1. The first kappa shape index (κ1) is 14.4. The molecule has 0 bridgehead atoms. The van der Waals surface area contributed by atoms with Crippen LogP contribution in [0.15, 0.2) is 0 Å². The van der Waals surface area contributed by atoms with Crippen LogP contribution in [0.2, 0.25) is 0 Å². The number of amides is 1. The van der Waals surface area contributed by atoms with Crippen molar-refractivity contribution in [3.05, 3.63) is 0 Å². The number of aliphatic hydroxyl groups excluding tert-OH is 1. The van der Waals surface area contributed by atoms with Gasteiger partial charge in [-0.2, -0.15) is 0 Å². The van der Waals surface area contributed by atoms with Crippen molar-refractivity contribution in [3.8, 4) is 0 Å². The Morgan fingerprint density at radius 3 is 3.00 bits per heavy atom. The lowest BCUT2D eigenvalue weighted by molar-refractivity contribution is -0.126. The molecule has 3 unspecified atom stereocenters. The number of methoxy groups -OCH3 is 1. The Bertz CT molecular complexity index is 230. The van der Waals surface area contributed by atoms with Gasteiger partial charge in [-0.25, -0.2) is 0 Å². The highest BCUT2D eigenvalue weighted by Crippen LogP contribution is 2.15. The highest BCUT2D eigenvalue weighted by Gasteiger charge is 2.28. The smallest absolute Gasteiger partial charge is 0.237 e. The number of nitrogens with one attached hydrogen (secondary N) is 2. The van der Waals surface area contributed by atoms with Gasteiger partial charge in [0.2, 0.25) is 5.91 Å². The average molecular weight is 244 g/mol. The Morgan fingerprint density at radius 1 is 1.65 bits per heavy atom. The van der Waals surface area contributed by atoms with Gasteiger partial charge in [-0.05, 0) is 31.7 Å². The molecule has 5 heteroatoms. The third-order valence-electron chi connectivity index (χ3n) is 3.24. The molecule has 0 aromatic rings. The third-order valence-corrected chi connectivity index (χ3v) is 3.24. The molecule has 3 N–H and O–H groups in total. The number of piperidine rings is 1. The minimum atomic E-state index is -0.109. The van der Waals surface area contributed by atoms with E-state index in [0.29, 0.717) is 18.9 Å². The predicted octanol–water partition coefficient (Wildman–Crippen LogP) is -0.112. The highest BCUT2D eigenvalue weighted by molar-refractivity contribution is 5.82. The van der Waals surface area contributed by atoms with E-state index in [-0.39, 0.29) is 24.6 Å². The van der Waals surface area contributed by atoms with Crippen molar-refractivity contribution in [1.82, 2.24) is 10.6 Å². The molecule has 17 heavy (non-hydrogen) atoms. The van der Waals surface area contributed by atoms with E-state index in [1.165, 1.54) is 0 Å². The lowest BCUT2D eigenvalue weighted by Gasteiger charge is -2.30. The minimum Gasteiger partial charge on any atom is -0.396 e. The van der Waals surface area contributed by atoms with Gasteiger partial charge in [0.05, 0.1) is 18.7 Å². The van der Waals surface area contributed by atoms with E-state index in [2.05, 4.69) is 17.6 Å². The maximum absolute atomic E-state index is 12.1. The van der Waals surface area contributed by atoms with Gasteiger partial charge in [0, 0.05) is 13.7 Å². The number of ether oxygens (including phenoxy) is 1. The van der Waals surface area contributed by atoms with E-state index in [9.17, 15) is 4.79 Å². The van der Waals surface area contributed by atoms with Crippen LogP contribution in [-0.2, 0) is 9.53 Å². The lowest BCUT2D eigenvalue weighted by atomic mass is 9.92. The van der Waals surface area contributed by atoms with Gasteiger partial charge >= 0.3 is 0 Å². The number of hydrogen-bond donors (Lipinski definition) is 3. The summed E-state index contributed by atoms with van der Waals surface area (Å²) < 4.78 is 5.03. The molecule has 3 atom stereocenters. The summed E-state index contributed by atoms with van der Waals surface area (Å²) in [6.45, 7) is 3.49. The molecule has 0 aromatic heterocycles. The van der Waals surface area contributed by atoms with Crippen LogP contribution in [0.3, 0.4) is 0 Å². The Morgan fingerprint density at radius 2 is 2.41 bits per heavy atom. The Labute approximate surface area is 103 Å². The summed E-state index contributed by atoms with van der Waals surface area (Å²) in [6, 6.07) is -0.213. The number of carbonyl (C=O) groups excluding carboxylic acids is 1. The van der Waals surface area contributed by atoms with Gasteiger partial charge in [0.15, 0.2) is 0 Å². The van der Waals surface area contributed by atoms with Crippen molar-refractivity contribution in [2.24, 2.45) is 5.92 Å². The summed E-state index contributed by atoms with van der Waals surface area (Å²) in [5, 5.41) is 15.1. The monoisotopic (exact) mass is 244 g/mol. The molecule has 0 aromatic carbocycles. The molecule has 0 spiro atoms. The number of carbonyl (C=O) groups is 1. The number of hydrogen-bond acceptors (Lipinski definition) is 4. The number of rotatable bonds is 6. The molecule has 1 aliphatic rings. The maximum Gasteiger partial charge on any atom is 0.237 e. The van der Waals surface area contributed by atoms with Crippen LogP contribution in [0.5, 0.6) is 0 Å². The molecule has 1 fully saturated rings. The van der Waals surface area contributed by atoms with Gasteiger partial charge in [-0.1, -0.05) is 6.92 Å². The Balaban J connectivity index is 2.44. The van der Waals surface area contributed by atoms with Crippen molar-refractivity contribution >= 4 is 5.91 Å². The molecule has 1 amide bonds. The molecule has 1 heterocycles. The molecule has 5 nitrogen and oxygen atoms in total. The topological polar surface area (TPSA) is 70.6 Å². The first-order valence-corrected chi connectivity index (χ1v) is 6.32. The fourth-order valence-electron chi connectivity index (χ4n) is 2.25. The zero-order chi connectivity index (χ0) is 12.7. The second-order valence-electron chi connectivity index (χ2n) is 4.72. The standard InChI is InChI=1S/C12H24N2O3/c1-9-4-3-6-13-11(9)12(16)14-10(5-7-15)8-17-2/h9-11,13,15H,3-8H2,1-2H3,(H,14,16). The van der Waals surface area contributed by atoms with E-state index in [4.69, 9.17) is 9.84 Å². The molecule has 100 valence electrons. The van der Waals surface area contributed by atoms with E-state index in [0.717, 1.165) is 19.4 Å². The fraction of sp³-hybridized carbons (Fsp3) is 0.917. The minimum absolute atomic E-state index is 0.0210. The zero-order valence-electron chi connectivity index (χ0n) is 10.7. The molecular weight excluding hydrogens is 220 g/mol. The molecule has 0 radical (unpaired) electrons. The van der Waals surface area contributed by atoms with Crippen molar-refractivity contribution in [3.63, 3.8) is 0 Å². The van der Waals surface area contributed by atoms with Crippen LogP contribution in [0.1, 0.15) is 26.2 Å². The quantitative estimate of drug-likeness (QED) is 0.609. The first-order valence-electron chi connectivity index (χ1n) is 6.32. The summed E-state index contributed by atoms with van der Waals surface area (Å²) >= 11 is 0.